The van der Waals surface area contributed by atoms with Crippen molar-refractivity contribution in [2.45, 2.75) is 26.7 Å². The van der Waals surface area contributed by atoms with Crippen molar-refractivity contribution in [2.24, 2.45) is 0 Å². The Bertz CT molecular complexity index is 240. The van der Waals surface area contributed by atoms with Crippen LogP contribution in [0.15, 0.2) is 0 Å². The summed E-state index contributed by atoms with van der Waals surface area (Å²) in [5.74, 6) is 0.0890. The fourth-order valence-corrected chi connectivity index (χ4v) is 1.54. The van der Waals surface area contributed by atoms with Crippen LogP contribution in [0.1, 0.15) is 26.7 Å². The molecule has 1 N–H and O–H groups in total. The van der Waals surface area contributed by atoms with Gasteiger partial charge in [-0.2, -0.15) is 0 Å². The lowest BCUT2D eigenvalue weighted by Crippen LogP contribution is -2.35. The Labute approximate surface area is 104 Å². The van der Waals surface area contributed by atoms with Gasteiger partial charge >= 0.3 is 0 Å². The maximum atomic E-state index is 11.7. The standard InChI is InChI=1S/C12H25N3O2/c1-5-15(6-2)12(17)8-7-11(16)14(4)10-9-13-3/h13H,5-10H2,1-4H3. The second-order valence-corrected chi connectivity index (χ2v) is 3.98. The molecule has 0 aliphatic rings. The molecule has 0 fully saturated rings. The van der Waals surface area contributed by atoms with Crippen LogP contribution in [0, 0.1) is 0 Å². The molecule has 0 aromatic rings. The van der Waals surface area contributed by atoms with Gasteiger partial charge in [0.25, 0.3) is 0 Å². The van der Waals surface area contributed by atoms with Crippen LogP contribution in [0.25, 0.3) is 0 Å². The van der Waals surface area contributed by atoms with E-state index in [9.17, 15) is 9.59 Å². The third-order valence-electron chi connectivity index (χ3n) is 2.79. The number of carbonyl (C=O) groups excluding carboxylic acids is 2. The van der Waals surface area contributed by atoms with Gasteiger partial charge in [-0.1, -0.05) is 0 Å². The lowest BCUT2D eigenvalue weighted by Gasteiger charge is -2.20. The van der Waals surface area contributed by atoms with E-state index in [0.717, 1.165) is 6.54 Å². The summed E-state index contributed by atoms with van der Waals surface area (Å²) in [6.45, 7) is 6.75. The highest BCUT2D eigenvalue weighted by Crippen LogP contribution is 2.00. The molecule has 0 radical (unpaired) electrons. The van der Waals surface area contributed by atoms with Crippen molar-refractivity contribution in [3.05, 3.63) is 0 Å². The highest BCUT2D eigenvalue weighted by atomic mass is 16.2. The monoisotopic (exact) mass is 243 g/mol. The van der Waals surface area contributed by atoms with Crippen LogP contribution in [0.5, 0.6) is 0 Å². The fourth-order valence-electron chi connectivity index (χ4n) is 1.54. The second-order valence-electron chi connectivity index (χ2n) is 3.98. The van der Waals surface area contributed by atoms with E-state index in [1.807, 2.05) is 20.9 Å². The fraction of sp³-hybridized carbons (Fsp3) is 0.833. The van der Waals surface area contributed by atoms with Crippen LogP contribution < -0.4 is 5.32 Å². The normalized spacial score (nSPS) is 10.1. The van der Waals surface area contributed by atoms with E-state index in [-0.39, 0.29) is 11.8 Å². The summed E-state index contributed by atoms with van der Waals surface area (Å²) in [4.78, 5) is 26.8. The number of hydrogen-bond donors (Lipinski definition) is 1. The van der Waals surface area contributed by atoms with Gasteiger partial charge in [-0.25, -0.2) is 0 Å². The Hall–Kier alpha value is -1.10. The molecule has 0 saturated carbocycles. The summed E-state index contributed by atoms with van der Waals surface area (Å²) in [7, 11) is 3.61. The molecule has 0 saturated heterocycles. The van der Waals surface area contributed by atoms with Gasteiger partial charge in [0, 0.05) is 46.1 Å². The van der Waals surface area contributed by atoms with E-state index in [0.29, 0.717) is 32.5 Å². The SMILES string of the molecule is CCN(CC)C(=O)CCC(=O)N(C)CCNC. The maximum absolute atomic E-state index is 11.7. The molecule has 0 aliphatic heterocycles. The quantitative estimate of drug-likeness (QED) is 0.667. The Balaban J connectivity index is 3.94. The Morgan fingerprint density at radius 3 is 2.06 bits per heavy atom. The van der Waals surface area contributed by atoms with Crippen molar-refractivity contribution >= 4 is 11.8 Å². The molecule has 100 valence electrons. The molecular weight excluding hydrogens is 218 g/mol. The van der Waals surface area contributed by atoms with Gasteiger partial charge < -0.3 is 15.1 Å². The number of rotatable bonds is 8. The van der Waals surface area contributed by atoms with Gasteiger partial charge in [0.2, 0.25) is 11.8 Å². The van der Waals surface area contributed by atoms with Gasteiger partial charge in [-0.05, 0) is 20.9 Å². The number of carbonyl (C=O) groups is 2. The van der Waals surface area contributed by atoms with Crippen LogP contribution in [-0.4, -0.2) is 61.9 Å². The summed E-state index contributed by atoms with van der Waals surface area (Å²) >= 11 is 0. The Kier molecular flexibility index (Phi) is 8.40. The zero-order valence-electron chi connectivity index (χ0n) is 11.5. The minimum absolute atomic E-state index is 0.0285. The predicted molar refractivity (Wildman–Crippen MR) is 68.7 cm³/mol. The van der Waals surface area contributed by atoms with Crippen molar-refractivity contribution in [1.29, 1.82) is 0 Å². The van der Waals surface area contributed by atoms with Crippen LogP contribution in [0.4, 0.5) is 0 Å². The molecule has 0 spiro atoms. The van der Waals surface area contributed by atoms with Gasteiger partial charge in [-0.3, -0.25) is 9.59 Å². The molecule has 5 heteroatoms. The van der Waals surface area contributed by atoms with E-state index >= 15 is 0 Å². The van der Waals surface area contributed by atoms with Crippen LogP contribution in [-0.2, 0) is 9.59 Å². The number of hydrogen-bond acceptors (Lipinski definition) is 3. The van der Waals surface area contributed by atoms with E-state index < -0.39 is 0 Å². The first-order chi connectivity index (χ1) is 8.06. The third-order valence-corrected chi connectivity index (χ3v) is 2.79. The highest BCUT2D eigenvalue weighted by molar-refractivity contribution is 5.83. The third kappa shape index (κ3) is 6.26. The maximum Gasteiger partial charge on any atom is 0.223 e. The van der Waals surface area contributed by atoms with Gasteiger partial charge in [0.15, 0.2) is 0 Å². The van der Waals surface area contributed by atoms with E-state index in [1.165, 1.54) is 0 Å². The van der Waals surface area contributed by atoms with E-state index in [4.69, 9.17) is 0 Å². The van der Waals surface area contributed by atoms with Crippen molar-refractivity contribution in [1.82, 2.24) is 15.1 Å². The molecule has 2 amide bonds. The Morgan fingerprint density at radius 1 is 1.06 bits per heavy atom. The molecule has 0 aromatic carbocycles. The van der Waals surface area contributed by atoms with Crippen LogP contribution in [0.3, 0.4) is 0 Å². The predicted octanol–water partition coefficient (Wildman–Crippen LogP) is 0.313. The molecule has 5 nitrogen and oxygen atoms in total. The van der Waals surface area contributed by atoms with Crippen molar-refractivity contribution < 1.29 is 9.59 Å². The lowest BCUT2D eigenvalue weighted by atomic mass is 10.2. The number of nitrogens with one attached hydrogen (secondary N) is 1. The molecule has 0 atom stereocenters. The first kappa shape index (κ1) is 15.9. The minimum atomic E-state index is 0.0285. The molecular formula is C12H25N3O2. The first-order valence-electron chi connectivity index (χ1n) is 6.23. The zero-order valence-corrected chi connectivity index (χ0v) is 11.5. The Morgan fingerprint density at radius 2 is 1.59 bits per heavy atom. The molecule has 0 unspecified atom stereocenters. The summed E-state index contributed by atoms with van der Waals surface area (Å²) in [6.07, 6.45) is 0.611. The molecule has 0 bridgehead atoms. The largest absolute Gasteiger partial charge is 0.344 e. The smallest absolute Gasteiger partial charge is 0.223 e. The average Bonchev–Trinajstić information content (AvgIpc) is 2.34. The molecule has 0 aliphatic carbocycles. The topological polar surface area (TPSA) is 52.7 Å². The molecule has 17 heavy (non-hydrogen) atoms. The molecule has 0 rings (SSSR count). The van der Waals surface area contributed by atoms with Gasteiger partial charge in [-0.15, -0.1) is 0 Å². The summed E-state index contributed by atoms with van der Waals surface area (Å²) < 4.78 is 0. The van der Waals surface area contributed by atoms with E-state index in [1.54, 1.807) is 16.8 Å². The minimum Gasteiger partial charge on any atom is -0.344 e. The van der Waals surface area contributed by atoms with Gasteiger partial charge in [0.1, 0.15) is 0 Å². The van der Waals surface area contributed by atoms with E-state index in [2.05, 4.69) is 5.32 Å². The van der Waals surface area contributed by atoms with Crippen molar-refractivity contribution in [3.8, 4) is 0 Å². The summed E-state index contributed by atoms with van der Waals surface area (Å²) in [5, 5.41) is 2.99. The number of likely N-dealkylation sites (N-methyl/N-ethyl adjacent to an activating group) is 2. The summed E-state index contributed by atoms with van der Waals surface area (Å²) in [5.41, 5.74) is 0. The number of amides is 2. The highest BCUT2D eigenvalue weighted by Gasteiger charge is 2.14. The zero-order chi connectivity index (χ0) is 13.3. The molecule has 0 aromatic heterocycles. The first-order valence-corrected chi connectivity index (χ1v) is 6.23. The van der Waals surface area contributed by atoms with Crippen molar-refractivity contribution in [3.63, 3.8) is 0 Å². The molecule has 0 heterocycles. The van der Waals surface area contributed by atoms with Crippen molar-refractivity contribution in [2.75, 3.05) is 40.3 Å². The second kappa shape index (κ2) is 8.98. The van der Waals surface area contributed by atoms with Crippen LogP contribution >= 0.6 is 0 Å². The average molecular weight is 243 g/mol. The van der Waals surface area contributed by atoms with Gasteiger partial charge in [0.05, 0.1) is 0 Å². The lowest BCUT2D eigenvalue weighted by molar-refractivity contribution is -0.136. The van der Waals surface area contributed by atoms with Crippen LogP contribution in [0.2, 0.25) is 0 Å². The number of nitrogens with zero attached hydrogens (tertiary/aromatic N) is 2. The summed E-state index contributed by atoms with van der Waals surface area (Å²) in [6, 6.07) is 0.